The summed E-state index contributed by atoms with van der Waals surface area (Å²) in [5, 5.41) is 1.51. The van der Waals surface area contributed by atoms with Crippen molar-refractivity contribution in [2.75, 3.05) is 12.9 Å². The van der Waals surface area contributed by atoms with Crippen molar-refractivity contribution >= 4 is 45.2 Å². The first-order chi connectivity index (χ1) is 8.97. The van der Waals surface area contributed by atoms with E-state index < -0.39 is 16.0 Å². The topological polar surface area (TPSA) is 89.9 Å². The van der Waals surface area contributed by atoms with Crippen molar-refractivity contribution in [1.29, 1.82) is 0 Å². The fourth-order valence-corrected chi connectivity index (χ4v) is 4.73. The summed E-state index contributed by atoms with van der Waals surface area (Å²) in [6, 6.07) is 0. The van der Waals surface area contributed by atoms with E-state index in [1.165, 1.54) is 5.38 Å². The number of carbonyl (C=O) groups excluding carboxylic acids is 2. The number of hydrogen-bond donors (Lipinski definition) is 0. The minimum absolute atomic E-state index is 0.0724. The minimum atomic E-state index is -4.22. The minimum Gasteiger partial charge on any atom is -0.461 e. The van der Waals surface area contributed by atoms with Gasteiger partial charge < -0.3 is 4.74 Å². The maximum absolute atomic E-state index is 11.8. The van der Waals surface area contributed by atoms with E-state index in [0.29, 0.717) is 11.3 Å². The zero-order valence-corrected chi connectivity index (χ0v) is 12.7. The highest BCUT2D eigenvalue weighted by molar-refractivity contribution is 7.99. The van der Waals surface area contributed by atoms with Gasteiger partial charge in [-0.15, -0.1) is 23.1 Å². The van der Waals surface area contributed by atoms with Crippen LogP contribution in [0.5, 0.6) is 0 Å². The molecule has 0 saturated heterocycles. The van der Waals surface area contributed by atoms with Crippen LogP contribution in [0.3, 0.4) is 0 Å². The second-order valence-electron chi connectivity index (χ2n) is 3.26. The standard InChI is InChI=1S/C10H11NO5S3/c1-3-4-16-10(13)8-9(7(17-2)5-18-8)19(14,15)11-6-12/h5H,3-4H2,1-2H3. The number of sulfonamides is 1. The highest BCUT2D eigenvalue weighted by atomic mass is 32.2. The molecule has 0 aliphatic heterocycles. The number of nitrogens with zero attached hydrogens (tertiary/aromatic N) is 1. The average Bonchev–Trinajstić information content (AvgIpc) is 2.80. The Bertz CT molecular complexity index is 613. The number of thioether (sulfide) groups is 1. The van der Waals surface area contributed by atoms with E-state index in [4.69, 9.17) is 4.74 Å². The average molecular weight is 321 g/mol. The first-order valence-electron chi connectivity index (χ1n) is 5.14. The summed E-state index contributed by atoms with van der Waals surface area (Å²) in [5.74, 6) is -0.730. The van der Waals surface area contributed by atoms with Gasteiger partial charge in [0.2, 0.25) is 0 Å². The van der Waals surface area contributed by atoms with E-state index in [9.17, 15) is 18.0 Å². The van der Waals surface area contributed by atoms with E-state index >= 15 is 0 Å². The number of esters is 1. The van der Waals surface area contributed by atoms with Crippen LogP contribution in [-0.4, -0.2) is 33.3 Å². The van der Waals surface area contributed by atoms with Gasteiger partial charge in [-0.3, -0.25) is 0 Å². The fourth-order valence-electron chi connectivity index (χ4n) is 1.21. The molecule has 1 aromatic heterocycles. The number of isocyanates is 1. The normalized spacial score (nSPS) is 10.8. The largest absolute Gasteiger partial charge is 0.461 e. The fraction of sp³-hybridized carbons (Fsp3) is 0.400. The molecule has 19 heavy (non-hydrogen) atoms. The lowest BCUT2D eigenvalue weighted by Gasteiger charge is -2.03. The lowest BCUT2D eigenvalue weighted by atomic mass is 10.4. The first-order valence-corrected chi connectivity index (χ1v) is 8.69. The Balaban J connectivity index is 3.32. The van der Waals surface area contributed by atoms with Gasteiger partial charge in [-0.2, -0.15) is 8.42 Å². The highest BCUT2D eigenvalue weighted by Crippen LogP contribution is 2.35. The van der Waals surface area contributed by atoms with Crippen LogP contribution < -0.4 is 0 Å². The molecule has 0 aliphatic carbocycles. The molecule has 9 heteroatoms. The Kier molecular flexibility index (Phi) is 5.74. The molecule has 0 fully saturated rings. The van der Waals surface area contributed by atoms with Crippen LogP contribution in [-0.2, 0) is 19.6 Å². The van der Waals surface area contributed by atoms with Crippen molar-refractivity contribution < 1.29 is 22.7 Å². The van der Waals surface area contributed by atoms with Gasteiger partial charge in [0.25, 0.3) is 16.1 Å². The van der Waals surface area contributed by atoms with Gasteiger partial charge in [-0.25, -0.2) is 9.59 Å². The van der Waals surface area contributed by atoms with Gasteiger partial charge in [-0.05, 0) is 12.7 Å². The van der Waals surface area contributed by atoms with Crippen molar-refractivity contribution in [3.05, 3.63) is 10.3 Å². The maximum atomic E-state index is 11.8. The molecular weight excluding hydrogens is 310 g/mol. The molecular formula is C10H11NO5S3. The summed E-state index contributed by atoms with van der Waals surface area (Å²) < 4.78 is 31.3. The molecule has 1 rings (SSSR count). The number of hydrogen-bond acceptors (Lipinski definition) is 7. The molecule has 0 radical (unpaired) electrons. The third-order valence-electron chi connectivity index (χ3n) is 1.97. The smallest absolute Gasteiger partial charge is 0.349 e. The predicted octanol–water partition coefficient (Wildman–Crippen LogP) is 2.06. The van der Waals surface area contributed by atoms with Crippen molar-refractivity contribution in [3.8, 4) is 0 Å². The van der Waals surface area contributed by atoms with Crippen LogP contribution in [0.2, 0.25) is 0 Å². The third-order valence-corrected chi connectivity index (χ3v) is 5.36. The maximum Gasteiger partial charge on any atom is 0.349 e. The monoisotopic (exact) mass is 321 g/mol. The van der Waals surface area contributed by atoms with Gasteiger partial charge >= 0.3 is 5.97 Å². The van der Waals surface area contributed by atoms with Crippen LogP contribution in [0.15, 0.2) is 19.6 Å². The molecule has 6 nitrogen and oxygen atoms in total. The quantitative estimate of drug-likeness (QED) is 0.345. The first kappa shape index (κ1) is 15.9. The molecule has 1 heterocycles. The van der Waals surface area contributed by atoms with E-state index in [1.54, 1.807) is 6.26 Å². The Hall–Kier alpha value is -1.15. The Morgan fingerprint density at radius 2 is 2.26 bits per heavy atom. The van der Waals surface area contributed by atoms with Crippen LogP contribution in [0, 0.1) is 0 Å². The number of thiophene rings is 1. The summed E-state index contributed by atoms with van der Waals surface area (Å²) in [4.78, 5) is 22.0. The van der Waals surface area contributed by atoms with Crippen molar-refractivity contribution in [2.24, 2.45) is 4.40 Å². The summed E-state index contributed by atoms with van der Waals surface area (Å²) in [6.45, 7) is 2.02. The molecule has 0 aliphatic rings. The lowest BCUT2D eigenvalue weighted by Crippen LogP contribution is -2.09. The van der Waals surface area contributed by atoms with Gasteiger partial charge in [0, 0.05) is 10.3 Å². The van der Waals surface area contributed by atoms with E-state index in [-0.39, 0.29) is 16.4 Å². The van der Waals surface area contributed by atoms with Gasteiger partial charge in [0.15, 0.2) is 0 Å². The Morgan fingerprint density at radius 3 is 2.79 bits per heavy atom. The van der Waals surface area contributed by atoms with Gasteiger partial charge in [0.05, 0.1) is 6.61 Å². The highest BCUT2D eigenvalue weighted by Gasteiger charge is 2.29. The van der Waals surface area contributed by atoms with Crippen LogP contribution in [0.1, 0.15) is 23.0 Å². The zero-order valence-electron chi connectivity index (χ0n) is 10.2. The second kappa shape index (κ2) is 6.85. The van der Waals surface area contributed by atoms with Crippen molar-refractivity contribution in [1.82, 2.24) is 0 Å². The molecule has 0 unspecified atom stereocenters. The van der Waals surface area contributed by atoms with Crippen LogP contribution >= 0.6 is 23.1 Å². The molecule has 1 aromatic rings. The number of ether oxygens (including phenoxy) is 1. The molecule has 0 atom stereocenters. The van der Waals surface area contributed by atoms with Crippen LogP contribution in [0.25, 0.3) is 0 Å². The van der Waals surface area contributed by atoms with Crippen molar-refractivity contribution in [3.63, 3.8) is 0 Å². The van der Waals surface area contributed by atoms with Crippen LogP contribution in [0.4, 0.5) is 0 Å². The Labute approximate surface area is 118 Å². The van der Waals surface area contributed by atoms with Crippen molar-refractivity contribution in [2.45, 2.75) is 23.1 Å². The molecule has 104 valence electrons. The summed E-state index contributed by atoms with van der Waals surface area (Å²) in [6.07, 6.45) is 3.27. The van der Waals surface area contributed by atoms with Gasteiger partial charge in [0.1, 0.15) is 9.77 Å². The lowest BCUT2D eigenvalue weighted by molar-refractivity contribution is 0.0506. The zero-order chi connectivity index (χ0) is 14.5. The molecule has 0 aromatic carbocycles. The third kappa shape index (κ3) is 3.66. The SMILES string of the molecule is CCCOC(=O)c1scc(SC)c1S(=O)(=O)N=C=O. The molecule has 0 saturated carbocycles. The van der Waals surface area contributed by atoms with E-state index in [1.807, 2.05) is 6.92 Å². The number of rotatable bonds is 6. The Morgan fingerprint density at radius 1 is 1.58 bits per heavy atom. The molecule has 0 N–H and O–H groups in total. The summed E-state index contributed by atoms with van der Waals surface area (Å²) >= 11 is 2.09. The second-order valence-corrected chi connectivity index (χ2v) is 6.52. The van der Waals surface area contributed by atoms with E-state index in [2.05, 4.69) is 4.40 Å². The molecule has 0 amide bonds. The predicted molar refractivity (Wildman–Crippen MR) is 72.0 cm³/mol. The van der Waals surface area contributed by atoms with Gasteiger partial charge in [-0.1, -0.05) is 11.3 Å². The summed E-state index contributed by atoms with van der Waals surface area (Å²) in [5.41, 5.74) is 0. The molecule has 0 bridgehead atoms. The van der Waals surface area contributed by atoms with E-state index in [0.717, 1.165) is 29.2 Å². The number of carbonyl (C=O) groups is 1. The summed E-state index contributed by atoms with van der Waals surface area (Å²) in [7, 11) is -4.22. The molecule has 0 spiro atoms.